The summed E-state index contributed by atoms with van der Waals surface area (Å²) in [5, 5.41) is 23.1. The van der Waals surface area contributed by atoms with E-state index >= 15 is 0 Å². The van der Waals surface area contributed by atoms with Gasteiger partial charge < -0.3 is 25.2 Å². The van der Waals surface area contributed by atoms with E-state index in [1.54, 1.807) is 12.0 Å². The van der Waals surface area contributed by atoms with Crippen LogP contribution >= 0.6 is 0 Å². The molecule has 0 bridgehead atoms. The van der Waals surface area contributed by atoms with Crippen LogP contribution in [0.1, 0.15) is 32.8 Å². The number of nitrogens with one attached hydrogen (secondary N) is 1. The number of carbonyl (C=O) groups excluding carboxylic acids is 1. The third kappa shape index (κ3) is 5.37. The molecule has 1 aliphatic rings. The van der Waals surface area contributed by atoms with Crippen LogP contribution in [0.5, 0.6) is 5.75 Å². The normalized spacial score (nSPS) is 20.4. The number of amides is 1. The third-order valence-corrected chi connectivity index (χ3v) is 6.45. The number of hydrogen-bond donors (Lipinski definition) is 3. The molecule has 1 heterocycles. The number of carbonyl (C=O) groups is 2. The Kier molecular flexibility index (Phi) is 7.76. The predicted octanol–water partition coefficient (Wildman–Crippen LogP) is 3.12. The summed E-state index contributed by atoms with van der Waals surface area (Å²) in [6.07, 6.45) is -1.42. The Morgan fingerprint density at radius 3 is 2.18 bits per heavy atom. The van der Waals surface area contributed by atoms with Gasteiger partial charge in [-0.3, -0.25) is 4.79 Å². The zero-order valence-electron chi connectivity index (χ0n) is 19.7. The fourth-order valence-electron chi connectivity index (χ4n) is 4.53. The van der Waals surface area contributed by atoms with Gasteiger partial charge >= 0.3 is 5.97 Å². The second-order valence-corrected chi connectivity index (χ2v) is 9.27. The Bertz CT molecular complexity index is 958. The van der Waals surface area contributed by atoms with E-state index in [0.29, 0.717) is 26.1 Å². The Morgan fingerprint density at radius 2 is 1.67 bits per heavy atom. The number of nitrogens with zero attached hydrogens (tertiary/aromatic N) is 1. The number of piperazine rings is 1. The first-order chi connectivity index (χ1) is 15.7. The van der Waals surface area contributed by atoms with E-state index in [9.17, 15) is 19.8 Å². The molecule has 3 atom stereocenters. The molecular weight excluding hydrogens is 420 g/mol. The van der Waals surface area contributed by atoms with Crippen molar-refractivity contribution in [2.45, 2.75) is 38.8 Å². The Hall–Kier alpha value is -2.90. The summed E-state index contributed by atoms with van der Waals surface area (Å²) in [5.74, 6) is -1.80. The fraction of sp³-hybridized carbons (Fsp3) is 0.462. The molecule has 0 aromatic heterocycles. The quantitative estimate of drug-likeness (QED) is 0.567. The lowest BCUT2D eigenvalue weighted by molar-refractivity contribution is -0.160. The summed E-state index contributed by atoms with van der Waals surface area (Å²) in [6.45, 7) is 7.42. The standard InChI is InChI=1S/C26H34N2O5/c1-17(2)15-22(23(29)25(31)32)24(30)28-14-13-27-16-26(28,3)20-9-5-18(6-10-20)19-7-11-21(33-4)12-8-19/h5-12,17,22-23,27,29H,13-16H2,1-4H3,(H,31,32)/t22-,23-,26-/m0/s1. The molecule has 0 spiro atoms. The van der Waals surface area contributed by atoms with Gasteiger partial charge in [0.1, 0.15) is 5.75 Å². The molecule has 3 rings (SSSR count). The van der Waals surface area contributed by atoms with Gasteiger partial charge in [0.25, 0.3) is 0 Å². The topological polar surface area (TPSA) is 99.1 Å². The Labute approximate surface area is 195 Å². The molecule has 1 aliphatic heterocycles. The highest BCUT2D eigenvalue weighted by molar-refractivity contribution is 5.86. The summed E-state index contributed by atoms with van der Waals surface area (Å²) in [5.41, 5.74) is 2.39. The maximum Gasteiger partial charge on any atom is 0.333 e. The molecule has 2 aromatic carbocycles. The number of aliphatic hydroxyl groups excluding tert-OH is 1. The van der Waals surface area contributed by atoms with Gasteiger partial charge in [-0.2, -0.15) is 0 Å². The largest absolute Gasteiger partial charge is 0.497 e. The maximum absolute atomic E-state index is 13.6. The molecular formula is C26H34N2O5. The van der Waals surface area contributed by atoms with E-state index in [0.717, 1.165) is 22.4 Å². The van der Waals surface area contributed by atoms with Crippen LogP contribution in [0.2, 0.25) is 0 Å². The van der Waals surface area contributed by atoms with Gasteiger partial charge in [-0.1, -0.05) is 50.2 Å². The van der Waals surface area contributed by atoms with Gasteiger partial charge in [0.15, 0.2) is 6.10 Å². The third-order valence-electron chi connectivity index (χ3n) is 6.45. The van der Waals surface area contributed by atoms with Gasteiger partial charge in [-0.05, 0) is 48.1 Å². The number of rotatable bonds is 8. The average molecular weight is 455 g/mol. The van der Waals surface area contributed by atoms with Crippen LogP contribution < -0.4 is 10.1 Å². The zero-order valence-corrected chi connectivity index (χ0v) is 19.7. The molecule has 7 nitrogen and oxygen atoms in total. The number of carboxylic acid groups (broad SMARTS) is 1. The molecule has 1 saturated heterocycles. The summed E-state index contributed by atoms with van der Waals surface area (Å²) in [7, 11) is 1.64. The molecule has 0 aliphatic carbocycles. The highest BCUT2D eigenvalue weighted by atomic mass is 16.5. The Balaban J connectivity index is 1.90. The molecule has 1 amide bonds. The number of ether oxygens (including phenoxy) is 1. The minimum Gasteiger partial charge on any atom is -0.497 e. The van der Waals surface area contributed by atoms with E-state index < -0.39 is 23.5 Å². The summed E-state index contributed by atoms with van der Waals surface area (Å²) in [6, 6.07) is 15.9. The SMILES string of the molecule is COc1ccc(-c2ccc([C@]3(C)CNCCN3C(=O)[C@@H](CC(C)C)[C@H](O)C(=O)O)cc2)cc1. The number of hydrogen-bond acceptors (Lipinski definition) is 5. The van der Waals surface area contributed by atoms with Gasteiger partial charge in [0, 0.05) is 19.6 Å². The van der Waals surface area contributed by atoms with E-state index in [1.165, 1.54) is 0 Å². The molecule has 33 heavy (non-hydrogen) atoms. The monoisotopic (exact) mass is 454 g/mol. The van der Waals surface area contributed by atoms with Crippen LogP contribution in [-0.4, -0.2) is 59.8 Å². The van der Waals surface area contributed by atoms with Crippen LogP contribution in [0.25, 0.3) is 11.1 Å². The molecule has 178 valence electrons. The summed E-state index contributed by atoms with van der Waals surface area (Å²) >= 11 is 0. The van der Waals surface area contributed by atoms with Crippen molar-refractivity contribution in [2.24, 2.45) is 11.8 Å². The number of carboxylic acids is 1. The van der Waals surface area contributed by atoms with Crippen LogP contribution in [0.3, 0.4) is 0 Å². The molecule has 0 saturated carbocycles. The summed E-state index contributed by atoms with van der Waals surface area (Å²) in [4.78, 5) is 26.8. The van der Waals surface area contributed by atoms with Crippen molar-refractivity contribution in [1.82, 2.24) is 10.2 Å². The first-order valence-corrected chi connectivity index (χ1v) is 11.4. The Morgan fingerprint density at radius 1 is 1.09 bits per heavy atom. The van der Waals surface area contributed by atoms with Crippen molar-refractivity contribution in [3.05, 3.63) is 54.1 Å². The van der Waals surface area contributed by atoms with Crippen molar-refractivity contribution in [3.63, 3.8) is 0 Å². The number of aliphatic hydroxyl groups is 1. The van der Waals surface area contributed by atoms with Gasteiger partial charge in [-0.15, -0.1) is 0 Å². The van der Waals surface area contributed by atoms with E-state index in [1.807, 2.05) is 69.3 Å². The van der Waals surface area contributed by atoms with E-state index in [4.69, 9.17) is 4.74 Å². The molecule has 7 heteroatoms. The van der Waals surface area contributed by atoms with Crippen LogP contribution in [-0.2, 0) is 15.1 Å². The van der Waals surface area contributed by atoms with Crippen molar-refractivity contribution >= 4 is 11.9 Å². The smallest absolute Gasteiger partial charge is 0.333 e. The highest BCUT2D eigenvalue weighted by Crippen LogP contribution is 2.34. The van der Waals surface area contributed by atoms with E-state index in [2.05, 4.69) is 5.32 Å². The first kappa shape index (κ1) is 24.7. The second kappa shape index (κ2) is 10.4. The van der Waals surface area contributed by atoms with Gasteiger partial charge in [0.05, 0.1) is 18.6 Å². The minimum absolute atomic E-state index is 0.0749. The second-order valence-electron chi connectivity index (χ2n) is 9.27. The van der Waals surface area contributed by atoms with Crippen LogP contribution in [0, 0.1) is 11.8 Å². The zero-order chi connectivity index (χ0) is 24.2. The maximum atomic E-state index is 13.6. The molecule has 2 aromatic rings. The lowest BCUT2D eigenvalue weighted by Crippen LogP contribution is -2.61. The number of benzene rings is 2. The molecule has 0 unspecified atom stereocenters. The van der Waals surface area contributed by atoms with Crippen molar-refractivity contribution < 1.29 is 24.5 Å². The van der Waals surface area contributed by atoms with Crippen LogP contribution in [0.15, 0.2) is 48.5 Å². The highest BCUT2D eigenvalue weighted by Gasteiger charge is 2.44. The first-order valence-electron chi connectivity index (χ1n) is 11.4. The molecule has 0 radical (unpaired) electrons. The summed E-state index contributed by atoms with van der Waals surface area (Å²) < 4.78 is 5.23. The van der Waals surface area contributed by atoms with Crippen molar-refractivity contribution in [2.75, 3.05) is 26.7 Å². The number of methoxy groups -OCH3 is 1. The average Bonchev–Trinajstić information content (AvgIpc) is 2.82. The lowest BCUT2D eigenvalue weighted by atomic mass is 9.84. The number of aliphatic carboxylic acids is 1. The van der Waals surface area contributed by atoms with Crippen LogP contribution in [0.4, 0.5) is 0 Å². The minimum atomic E-state index is -1.73. The fourth-order valence-corrected chi connectivity index (χ4v) is 4.53. The van der Waals surface area contributed by atoms with E-state index in [-0.39, 0.29) is 11.8 Å². The molecule has 1 fully saturated rings. The lowest BCUT2D eigenvalue weighted by Gasteiger charge is -2.47. The van der Waals surface area contributed by atoms with Gasteiger partial charge in [0.2, 0.25) is 5.91 Å². The van der Waals surface area contributed by atoms with Crippen molar-refractivity contribution in [3.8, 4) is 16.9 Å². The van der Waals surface area contributed by atoms with Crippen molar-refractivity contribution in [1.29, 1.82) is 0 Å². The van der Waals surface area contributed by atoms with Gasteiger partial charge in [-0.25, -0.2) is 4.79 Å². The molecule has 3 N–H and O–H groups in total. The predicted molar refractivity (Wildman–Crippen MR) is 127 cm³/mol.